The van der Waals surface area contributed by atoms with Crippen molar-refractivity contribution in [2.75, 3.05) is 56.5 Å². The summed E-state index contributed by atoms with van der Waals surface area (Å²) in [5.41, 5.74) is 2.76. The molecule has 0 amide bonds. The van der Waals surface area contributed by atoms with Gasteiger partial charge in [-0.05, 0) is 99.2 Å². The lowest BCUT2D eigenvalue weighted by molar-refractivity contribution is -0.108. The highest BCUT2D eigenvalue weighted by Crippen LogP contribution is 2.61. The van der Waals surface area contributed by atoms with Crippen molar-refractivity contribution in [1.29, 1.82) is 5.26 Å². The van der Waals surface area contributed by atoms with E-state index in [1.807, 2.05) is 39.8 Å². The first kappa shape index (κ1) is 35.9. The third-order valence-electron chi connectivity index (χ3n) is 12.5. The number of aromatic nitrogens is 2. The fourth-order valence-electron chi connectivity index (χ4n) is 9.16. The lowest BCUT2D eigenvalue weighted by Crippen LogP contribution is -2.59. The Morgan fingerprint density at radius 1 is 1.04 bits per heavy atom. The van der Waals surface area contributed by atoms with Gasteiger partial charge in [-0.25, -0.2) is 9.98 Å². The Morgan fingerprint density at radius 3 is 2.41 bits per heavy atom. The van der Waals surface area contributed by atoms with E-state index in [9.17, 15) is 10.1 Å². The largest absolute Gasteiger partial charge is 0.340 e. The van der Waals surface area contributed by atoms with Crippen LogP contribution in [-0.4, -0.2) is 94.7 Å². The molecule has 2 saturated heterocycles. The van der Waals surface area contributed by atoms with Crippen LogP contribution < -0.4 is 15.8 Å². The molecule has 272 valence electrons. The monoisotopic (exact) mass is 731 g/mol. The molecule has 51 heavy (non-hydrogen) atoms. The smallest absolute Gasteiger partial charge is 0.262 e. The molecule has 2 aromatic carbocycles. The second-order valence-electron chi connectivity index (χ2n) is 16.1. The van der Waals surface area contributed by atoms with Crippen molar-refractivity contribution in [3.63, 3.8) is 0 Å². The molecule has 3 heterocycles. The van der Waals surface area contributed by atoms with Crippen molar-refractivity contribution in [2.24, 2.45) is 28.2 Å². The van der Waals surface area contributed by atoms with E-state index in [1.54, 1.807) is 6.07 Å². The maximum Gasteiger partial charge on any atom is 0.262 e. The number of aryl methyl sites for hydroxylation is 1. The molecule has 5 aliphatic rings. The van der Waals surface area contributed by atoms with Gasteiger partial charge in [0.2, 0.25) is 5.95 Å². The number of nitriles is 1. The second kappa shape index (κ2) is 14.1. The summed E-state index contributed by atoms with van der Waals surface area (Å²) in [6.07, 6.45) is 5.37. The average Bonchev–Trinajstić information content (AvgIpc) is 3.09. The third kappa shape index (κ3) is 6.90. The van der Waals surface area contributed by atoms with E-state index >= 15 is 0 Å². The summed E-state index contributed by atoms with van der Waals surface area (Å²) >= 11 is 12.7. The van der Waals surface area contributed by atoms with Crippen LogP contribution in [0.4, 0.5) is 11.6 Å². The number of hydrogen-bond acceptors (Lipinski definition) is 7. The number of aliphatic imine (C=N–C) groups is 1. The summed E-state index contributed by atoms with van der Waals surface area (Å²) in [7, 11) is 2.12. The van der Waals surface area contributed by atoms with Crippen LogP contribution in [0.3, 0.4) is 0 Å². The number of hydrogen-bond donors (Lipinski definition) is 1. The number of nitrogens with zero attached hydrogens (tertiary/aromatic N) is 8. The van der Waals surface area contributed by atoms with Crippen molar-refractivity contribution < 1.29 is 0 Å². The van der Waals surface area contributed by atoms with Crippen LogP contribution in [0.15, 0.2) is 46.2 Å². The van der Waals surface area contributed by atoms with E-state index in [0.29, 0.717) is 76.1 Å². The molecule has 0 radical (unpaired) electrons. The van der Waals surface area contributed by atoms with Gasteiger partial charge < -0.3 is 24.9 Å². The van der Waals surface area contributed by atoms with Gasteiger partial charge in [-0.1, -0.05) is 50.0 Å². The zero-order valence-electron chi connectivity index (χ0n) is 30.7. The minimum atomic E-state index is -0.0624. The van der Waals surface area contributed by atoms with E-state index in [1.165, 1.54) is 6.42 Å². The van der Waals surface area contributed by atoms with Gasteiger partial charge in [-0.2, -0.15) is 5.26 Å². The highest BCUT2D eigenvalue weighted by atomic mass is 35.5. The van der Waals surface area contributed by atoms with Crippen molar-refractivity contribution in [3.05, 3.63) is 62.4 Å². The minimum Gasteiger partial charge on any atom is -0.340 e. The summed E-state index contributed by atoms with van der Waals surface area (Å²) in [5, 5.41) is 15.3. The number of fused-ring (bicyclic) bond motifs is 3. The van der Waals surface area contributed by atoms with Crippen molar-refractivity contribution in [2.45, 2.75) is 78.6 Å². The molecule has 3 aromatic rings. The molecule has 3 saturated carbocycles. The molecule has 10 nitrogen and oxygen atoms in total. The number of guanidine groups is 1. The molecule has 5 fully saturated rings. The molecule has 6 atom stereocenters. The van der Waals surface area contributed by atoms with Crippen molar-refractivity contribution in [1.82, 2.24) is 24.3 Å². The summed E-state index contributed by atoms with van der Waals surface area (Å²) in [6.45, 7) is 16.6. The number of nitrogens with one attached hydrogen (secondary N) is 1. The van der Waals surface area contributed by atoms with Gasteiger partial charge in [0.1, 0.15) is 0 Å². The second-order valence-corrected chi connectivity index (χ2v) is 16.9. The first-order valence-corrected chi connectivity index (χ1v) is 19.3. The Hall–Kier alpha value is -3.52. The Bertz CT molecular complexity index is 1900. The number of piperazine rings is 2. The number of benzene rings is 2. The van der Waals surface area contributed by atoms with E-state index < -0.39 is 0 Å². The van der Waals surface area contributed by atoms with Gasteiger partial charge in [-0.15, -0.1) is 0 Å². The fourth-order valence-corrected chi connectivity index (χ4v) is 9.66. The SMILES string of the molecule is C[C@@H]1C(N=C(Nc2ccc3c(=O)n(CCc4ccc(Cl)cc4Cl)c(N4CCN(C)CC4)nc3c2)N2C[C@@H](C)N(C#N)[C@@H](C)C2)C[C@@H]2C[C@H]1C2(C)C. The predicted octanol–water partition coefficient (Wildman–Crippen LogP) is 6.41. The zero-order valence-corrected chi connectivity index (χ0v) is 32.3. The quantitative estimate of drug-likeness (QED) is 0.177. The summed E-state index contributed by atoms with van der Waals surface area (Å²) < 4.78 is 1.81. The lowest BCUT2D eigenvalue weighted by atomic mass is 9.45. The van der Waals surface area contributed by atoms with Crippen molar-refractivity contribution >= 4 is 51.7 Å². The van der Waals surface area contributed by atoms with Crippen LogP contribution in [0.25, 0.3) is 10.9 Å². The molecule has 12 heteroatoms. The normalized spacial score (nSPS) is 28.1. The Morgan fingerprint density at radius 2 is 1.76 bits per heavy atom. The van der Waals surface area contributed by atoms with Gasteiger partial charge in [0.25, 0.3) is 5.56 Å². The molecular weight excluding hydrogens is 681 g/mol. The van der Waals surface area contributed by atoms with Crippen LogP contribution in [0.5, 0.6) is 0 Å². The number of halogens is 2. The average molecular weight is 733 g/mol. The topological polar surface area (TPSA) is 96.0 Å². The van der Waals surface area contributed by atoms with Crippen LogP contribution in [0.2, 0.25) is 10.0 Å². The van der Waals surface area contributed by atoms with Gasteiger partial charge in [0.05, 0.1) is 29.0 Å². The minimum absolute atomic E-state index is 0.0624. The summed E-state index contributed by atoms with van der Waals surface area (Å²) in [4.78, 5) is 33.7. The summed E-state index contributed by atoms with van der Waals surface area (Å²) in [6, 6.07) is 11.7. The highest BCUT2D eigenvalue weighted by molar-refractivity contribution is 6.35. The van der Waals surface area contributed by atoms with Crippen LogP contribution in [-0.2, 0) is 13.0 Å². The van der Waals surface area contributed by atoms with Gasteiger partial charge in [-0.3, -0.25) is 9.36 Å². The fraction of sp³-hybridized carbons (Fsp3) is 0.590. The molecule has 2 bridgehead atoms. The van der Waals surface area contributed by atoms with Crippen molar-refractivity contribution in [3.8, 4) is 6.19 Å². The van der Waals surface area contributed by atoms with Crippen LogP contribution >= 0.6 is 23.2 Å². The highest BCUT2D eigenvalue weighted by Gasteiger charge is 2.56. The van der Waals surface area contributed by atoms with Crippen LogP contribution in [0, 0.1) is 34.6 Å². The Labute approximate surface area is 312 Å². The van der Waals surface area contributed by atoms with E-state index in [4.69, 9.17) is 33.2 Å². The van der Waals surface area contributed by atoms with Gasteiger partial charge >= 0.3 is 0 Å². The first-order valence-electron chi connectivity index (χ1n) is 18.5. The van der Waals surface area contributed by atoms with E-state index in [2.05, 4.69) is 67.9 Å². The molecule has 0 spiro atoms. The van der Waals surface area contributed by atoms with Crippen LogP contribution in [0.1, 0.15) is 53.0 Å². The molecule has 1 N–H and O–H groups in total. The Kier molecular flexibility index (Phi) is 9.94. The summed E-state index contributed by atoms with van der Waals surface area (Å²) in [5.74, 6) is 3.38. The maximum absolute atomic E-state index is 14.3. The maximum atomic E-state index is 14.3. The molecule has 3 aliphatic carbocycles. The number of anilines is 2. The standard InChI is InChI=1S/C39H51Cl2N9O/c1-24-21-48(22-25(2)50(24)23-42)37(44-34-18-28-17-32(26(34)3)39(28,4)5)43-30-9-10-31-35(20-30)45-38(47-15-13-46(6)14-16-47)49(36(31)51)12-11-27-7-8-29(40)19-33(27)41/h7-10,19-20,24-26,28,32,34H,11-18,21-22H2,1-6H3,(H,43,44)/t24-,25+,26-,28-,32+,34?/m0/s1. The molecule has 1 aromatic heterocycles. The molecule has 8 rings (SSSR count). The lowest BCUT2D eigenvalue weighted by Gasteiger charge is -2.61. The number of rotatable bonds is 6. The van der Waals surface area contributed by atoms with E-state index in [-0.39, 0.29) is 23.7 Å². The number of likely N-dealkylation sites (N-methyl/N-ethyl adjacent to an activating group) is 1. The predicted molar refractivity (Wildman–Crippen MR) is 208 cm³/mol. The Balaban J connectivity index is 1.23. The third-order valence-corrected chi connectivity index (χ3v) is 13.1. The first-order chi connectivity index (χ1) is 24.3. The molecular formula is C39H51Cl2N9O. The van der Waals surface area contributed by atoms with Gasteiger partial charge in [0.15, 0.2) is 12.2 Å². The molecule has 1 unspecified atom stereocenters. The zero-order chi connectivity index (χ0) is 36.2. The molecule has 2 aliphatic heterocycles. The van der Waals surface area contributed by atoms with E-state index in [0.717, 1.165) is 49.8 Å². The van der Waals surface area contributed by atoms with Gasteiger partial charge in [0, 0.05) is 61.5 Å².